The molecule has 24 heavy (non-hydrogen) atoms. The highest BCUT2D eigenvalue weighted by molar-refractivity contribution is 5.74. The highest BCUT2D eigenvalue weighted by Crippen LogP contribution is 2.34. The van der Waals surface area contributed by atoms with Gasteiger partial charge in [-0.1, -0.05) is 50.2 Å². The van der Waals surface area contributed by atoms with E-state index in [2.05, 4.69) is 23.9 Å². The summed E-state index contributed by atoms with van der Waals surface area (Å²) in [7, 11) is 0. The largest absolute Gasteiger partial charge is 0.277 e. The minimum Gasteiger partial charge on any atom is -0.258 e. The predicted molar refractivity (Wildman–Crippen MR) is 91.5 cm³/mol. The summed E-state index contributed by atoms with van der Waals surface area (Å²) in [6.07, 6.45) is 3.11. The summed E-state index contributed by atoms with van der Waals surface area (Å²) in [5, 5.41) is 15.8. The first-order valence-electron chi connectivity index (χ1n) is 7.76. The fourth-order valence-electron chi connectivity index (χ4n) is 2.95. The highest BCUT2D eigenvalue weighted by atomic mass is 16.6. The summed E-state index contributed by atoms with van der Waals surface area (Å²) in [5.74, 6) is 0.217. The quantitative estimate of drug-likeness (QED) is 0.523. The molecule has 0 bridgehead atoms. The predicted octanol–water partition coefficient (Wildman–Crippen LogP) is 4.10. The molecule has 3 rings (SSSR count). The highest BCUT2D eigenvalue weighted by Gasteiger charge is 2.23. The molecule has 2 aromatic carbocycles. The lowest BCUT2D eigenvalue weighted by Gasteiger charge is -2.21. The van der Waals surface area contributed by atoms with E-state index in [0.29, 0.717) is 5.56 Å². The van der Waals surface area contributed by atoms with Crippen molar-refractivity contribution in [2.75, 3.05) is 0 Å². The van der Waals surface area contributed by atoms with Gasteiger partial charge in [-0.15, -0.1) is 0 Å². The van der Waals surface area contributed by atoms with E-state index < -0.39 is 0 Å². The van der Waals surface area contributed by atoms with E-state index in [9.17, 15) is 10.1 Å². The average molecular weight is 322 g/mol. The molecule has 3 aromatic rings. The third-order valence-electron chi connectivity index (χ3n) is 4.00. The van der Waals surface area contributed by atoms with Crippen molar-refractivity contribution in [1.82, 2.24) is 14.8 Å². The molecule has 0 fully saturated rings. The molecule has 1 aromatic heterocycles. The van der Waals surface area contributed by atoms with E-state index in [0.717, 1.165) is 11.1 Å². The fourth-order valence-corrected chi connectivity index (χ4v) is 2.95. The normalized spacial score (nSPS) is 12.3. The number of hydrogen-bond acceptors (Lipinski definition) is 4. The van der Waals surface area contributed by atoms with E-state index in [1.165, 1.54) is 6.33 Å². The smallest absolute Gasteiger partial charge is 0.258 e. The summed E-state index contributed by atoms with van der Waals surface area (Å²) >= 11 is 0. The van der Waals surface area contributed by atoms with Crippen molar-refractivity contribution in [2.24, 2.45) is 5.92 Å². The Kier molecular flexibility index (Phi) is 4.37. The van der Waals surface area contributed by atoms with Gasteiger partial charge in [0.15, 0.2) is 0 Å². The van der Waals surface area contributed by atoms with Gasteiger partial charge in [-0.25, -0.2) is 9.67 Å². The third-order valence-corrected chi connectivity index (χ3v) is 4.00. The van der Waals surface area contributed by atoms with E-state index >= 15 is 0 Å². The molecule has 1 atom stereocenters. The van der Waals surface area contributed by atoms with Gasteiger partial charge >= 0.3 is 0 Å². The minimum atomic E-state index is -0.329. The molecule has 1 heterocycles. The van der Waals surface area contributed by atoms with Crippen molar-refractivity contribution in [3.8, 4) is 11.1 Å². The maximum absolute atomic E-state index is 11.6. The van der Waals surface area contributed by atoms with Crippen molar-refractivity contribution in [1.29, 1.82) is 0 Å². The van der Waals surface area contributed by atoms with Crippen LogP contribution in [0.2, 0.25) is 0 Å². The molecule has 0 aliphatic rings. The Balaban J connectivity index is 2.11. The van der Waals surface area contributed by atoms with Crippen molar-refractivity contribution in [3.05, 3.63) is 76.9 Å². The van der Waals surface area contributed by atoms with E-state index in [1.807, 2.05) is 42.5 Å². The lowest BCUT2D eigenvalue weighted by Crippen LogP contribution is -2.17. The first-order valence-corrected chi connectivity index (χ1v) is 7.76. The lowest BCUT2D eigenvalue weighted by atomic mass is 9.93. The van der Waals surface area contributed by atoms with Crippen molar-refractivity contribution in [3.63, 3.8) is 0 Å². The van der Waals surface area contributed by atoms with Crippen LogP contribution in [0.4, 0.5) is 5.69 Å². The first-order chi connectivity index (χ1) is 11.6. The van der Waals surface area contributed by atoms with Crippen LogP contribution < -0.4 is 0 Å². The number of benzene rings is 2. The summed E-state index contributed by atoms with van der Waals surface area (Å²) in [6.45, 7) is 4.12. The molecule has 122 valence electrons. The maximum Gasteiger partial charge on any atom is 0.277 e. The number of nitro groups is 1. The maximum atomic E-state index is 11.6. The number of nitro benzene ring substituents is 1. The SMILES string of the molecule is CC(C)C(c1ccc(-c2ccccc2)c([N+](=O)[O-])c1)n1cncn1. The van der Waals surface area contributed by atoms with Crippen molar-refractivity contribution >= 4 is 5.69 Å². The Morgan fingerprint density at radius 2 is 1.88 bits per heavy atom. The summed E-state index contributed by atoms with van der Waals surface area (Å²) in [5.41, 5.74) is 2.40. The molecule has 6 heteroatoms. The molecule has 1 unspecified atom stereocenters. The van der Waals surface area contributed by atoms with Gasteiger partial charge in [-0.3, -0.25) is 10.1 Å². The Morgan fingerprint density at radius 3 is 2.46 bits per heavy atom. The average Bonchev–Trinajstić information content (AvgIpc) is 3.09. The van der Waals surface area contributed by atoms with Crippen LogP contribution in [-0.4, -0.2) is 19.7 Å². The van der Waals surface area contributed by atoms with Gasteiger partial charge in [-0.2, -0.15) is 5.10 Å². The molecule has 0 N–H and O–H groups in total. The minimum absolute atomic E-state index is 0.101. The van der Waals surface area contributed by atoms with Gasteiger partial charge in [0.25, 0.3) is 5.69 Å². The van der Waals surface area contributed by atoms with Gasteiger partial charge < -0.3 is 0 Å². The second-order valence-electron chi connectivity index (χ2n) is 5.96. The van der Waals surface area contributed by atoms with Gasteiger partial charge in [-0.05, 0) is 23.1 Å². The molecular formula is C18H18N4O2. The number of hydrogen-bond donors (Lipinski definition) is 0. The molecule has 0 saturated carbocycles. The van der Waals surface area contributed by atoms with Crippen LogP contribution in [0, 0.1) is 16.0 Å². The lowest BCUT2D eigenvalue weighted by molar-refractivity contribution is -0.384. The van der Waals surface area contributed by atoms with Crippen LogP contribution in [-0.2, 0) is 0 Å². The topological polar surface area (TPSA) is 73.8 Å². The number of rotatable bonds is 5. The Hall–Kier alpha value is -3.02. The zero-order valence-corrected chi connectivity index (χ0v) is 13.5. The Bertz CT molecular complexity index is 829. The van der Waals surface area contributed by atoms with Crippen molar-refractivity contribution in [2.45, 2.75) is 19.9 Å². The molecular weight excluding hydrogens is 304 g/mol. The van der Waals surface area contributed by atoms with Gasteiger partial charge in [0.05, 0.1) is 16.5 Å². The van der Waals surface area contributed by atoms with Crippen LogP contribution >= 0.6 is 0 Å². The van der Waals surface area contributed by atoms with Gasteiger partial charge in [0.1, 0.15) is 12.7 Å². The fraction of sp³-hybridized carbons (Fsp3) is 0.222. The van der Waals surface area contributed by atoms with Crippen LogP contribution in [0.1, 0.15) is 25.5 Å². The molecule has 0 saturated heterocycles. The number of aromatic nitrogens is 3. The van der Waals surface area contributed by atoms with Gasteiger partial charge in [0.2, 0.25) is 0 Å². The number of nitrogens with zero attached hydrogens (tertiary/aromatic N) is 4. The molecule has 0 amide bonds. The molecule has 0 aliphatic carbocycles. The molecule has 0 spiro atoms. The van der Waals surface area contributed by atoms with Crippen LogP contribution in [0.3, 0.4) is 0 Å². The molecule has 6 nitrogen and oxygen atoms in total. The molecule has 0 aliphatic heterocycles. The van der Waals surface area contributed by atoms with E-state index in [4.69, 9.17) is 0 Å². The third kappa shape index (κ3) is 3.03. The Morgan fingerprint density at radius 1 is 1.12 bits per heavy atom. The second kappa shape index (κ2) is 6.62. The summed E-state index contributed by atoms with van der Waals surface area (Å²) < 4.78 is 1.74. The van der Waals surface area contributed by atoms with E-state index in [-0.39, 0.29) is 22.6 Å². The zero-order valence-electron chi connectivity index (χ0n) is 13.5. The standard InChI is InChI=1S/C18H18N4O2/c1-13(2)18(21-12-19-11-20-21)15-8-9-16(17(10-15)22(23)24)14-6-4-3-5-7-14/h3-13,18H,1-2H3. The van der Waals surface area contributed by atoms with Gasteiger partial charge in [0, 0.05) is 6.07 Å². The van der Waals surface area contributed by atoms with Crippen LogP contribution in [0.25, 0.3) is 11.1 Å². The van der Waals surface area contributed by atoms with Crippen molar-refractivity contribution < 1.29 is 4.92 Å². The molecule has 0 radical (unpaired) electrons. The van der Waals surface area contributed by atoms with E-state index in [1.54, 1.807) is 17.1 Å². The van der Waals surface area contributed by atoms with Crippen LogP contribution in [0.15, 0.2) is 61.2 Å². The Labute approximate surface area is 139 Å². The monoisotopic (exact) mass is 322 g/mol. The second-order valence-corrected chi connectivity index (χ2v) is 5.96. The first kappa shape index (κ1) is 15.9. The zero-order chi connectivity index (χ0) is 17.1. The summed E-state index contributed by atoms with van der Waals surface area (Å²) in [6, 6.07) is 14.7. The summed E-state index contributed by atoms with van der Waals surface area (Å²) in [4.78, 5) is 15.3. The van der Waals surface area contributed by atoms with Crippen LogP contribution in [0.5, 0.6) is 0 Å².